The molecule has 4 heteroatoms. The highest BCUT2D eigenvalue weighted by Crippen LogP contribution is 2.59. The van der Waals surface area contributed by atoms with Crippen LogP contribution in [0.25, 0.3) is 0 Å². The SMILES string of the molecule is C=C(C=CC1C(C(=O)O)C1(C)C)NOC. The first-order valence-corrected chi connectivity index (χ1v) is 4.80. The largest absolute Gasteiger partial charge is 0.481 e. The summed E-state index contributed by atoms with van der Waals surface area (Å²) in [6.45, 7) is 7.59. The van der Waals surface area contributed by atoms with Crippen LogP contribution in [0.1, 0.15) is 13.8 Å². The van der Waals surface area contributed by atoms with E-state index in [1.807, 2.05) is 19.9 Å². The van der Waals surface area contributed by atoms with Gasteiger partial charge in [0.25, 0.3) is 0 Å². The van der Waals surface area contributed by atoms with Crippen LogP contribution in [0.2, 0.25) is 0 Å². The van der Waals surface area contributed by atoms with Crippen molar-refractivity contribution in [2.75, 3.05) is 7.11 Å². The number of carboxylic acid groups (broad SMARTS) is 1. The van der Waals surface area contributed by atoms with Crippen LogP contribution in [0.15, 0.2) is 24.4 Å². The van der Waals surface area contributed by atoms with Crippen LogP contribution >= 0.6 is 0 Å². The van der Waals surface area contributed by atoms with E-state index in [2.05, 4.69) is 16.9 Å². The fraction of sp³-hybridized carbons (Fsp3) is 0.545. The number of carboxylic acids is 1. The molecule has 84 valence electrons. The third kappa shape index (κ3) is 2.39. The van der Waals surface area contributed by atoms with Crippen LogP contribution in [0, 0.1) is 17.3 Å². The molecule has 4 nitrogen and oxygen atoms in total. The summed E-state index contributed by atoms with van der Waals surface area (Å²) >= 11 is 0. The van der Waals surface area contributed by atoms with E-state index >= 15 is 0 Å². The Morgan fingerprint density at radius 1 is 1.60 bits per heavy atom. The summed E-state index contributed by atoms with van der Waals surface area (Å²) in [6, 6.07) is 0. The topological polar surface area (TPSA) is 58.6 Å². The van der Waals surface area contributed by atoms with Crippen molar-refractivity contribution in [3.05, 3.63) is 24.4 Å². The molecule has 2 N–H and O–H groups in total. The van der Waals surface area contributed by atoms with Gasteiger partial charge in [0, 0.05) is 0 Å². The van der Waals surface area contributed by atoms with Crippen molar-refractivity contribution in [3.63, 3.8) is 0 Å². The molecule has 2 unspecified atom stereocenters. The first-order chi connectivity index (χ1) is 6.91. The van der Waals surface area contributed by atoms with Gasteiger partial charge in [-0.2, -0.15) is 0 Å². The molecule has 0 heterocycles. The molecule has 0 aromatic rings. The standard InChI is InChI=1S/C11H17NO3/c1-7(12-15-4)5-6-8-9(10(13)14)11(8,2)3/h5-6,8-9,12H,1H2,2-4H3,(H,13,14). The first kappa shape index (κ1) is 11.8. The number of allylic oxidation sites excluding steroid dienone is 2. The Bertz CT molecular complexity index is 307. The summed E-state index contributed by atoms with van der Waals surface area (Å²) in [6.07, 6.45) is 3.62. The Hall–Kier alpha value is -1.29. The van der Waals surface area contributed by atoms with E-state index in [1.54, 1.807) is 6.08 Å². The summed E-state index contributed by atoms with van der Waals surface area (Å²) in [5.41, 5.74) is 3.03. The summed E-state index contributed by atoms with van der Waals surface area (Å²) in [5.74, 6) is -0.950. The molecule has 0 aromatic carbocycles. The number of hydroxylamine groups is 1. The summed E-state index contributed by atoms with van der Waals surface area (Å²) in [5, 5.41) is 8.93. The first-order valence-electron chi connectivity index (χ1n) is 4.80. The smallest absolute Gasteiger partial charge is 0.307 e. The molecule has 0 bridgehead atoms. The quantitative estimate of drug-likeness (QED) is 0.535. The van der Waals surface area contributed by atoms with Gasteiger partial charge in [0.05, 0.1) is 18.7 Å². The van der Waals surface area contributed by atoms with E-state index < -0.39 is 5.97 Å². The minimum Gasteiger partial charge on any atom is -0.481 e. The molecular weight excluding hydrogens is 194 g/mol. The highest BCUT2D eigenvalue weighted by atomic mass is 16.6. The second kappa shape index (κ2) is 4.06. The maximum Gasteiger partial charge on any atom is 0.307 e. The zero-order valence-corrected chi connectivity index (χ0v) is 9.28. The zero-order chi connectivity index (χ0) is 11.6. The predicted molar refractivity (Wildman–Crippen MR) is 56.8 cm³/mol. The van der Waals surface area contributed by atoms with Gasteiger partial charge in [-0.1, -0.05) is 26.5 Å². The van der Waals surface area contributed by atoms with Gasteiger partial charge in [0.2, 0.25) is 0 Å². The fourth-order valence-corrected chi connectivity index (χ4v) is 1.89. The Balaban J connectivity index is 2.55. The molecular formula is C11H17NO3. The van der Waals surface area contributed by atoms with Crippen LogP contribution in [-0.4, -0.2) is 18.2 Å². The maximum absolute atomic E-state index is 10.9. The van der Waals surface area contributed by atoms with Crippen LogP contribution in [0.3, 0.4) is 0 Å². The molecule has 1 rings (SSSR count). The monoisotopic (exact) mass is 211 g/mol. The molecule has 1 fully saturated rings. The predicted octanol–water partition coefficient (Wildman–Crippen LogP) is 1.56. The molecule has 0 spiro atoms. The van der Waals surface area contributed by atoms with Crippen molar-refractivity contribution >= 4 is 5.97 Å². The zero-order valence-electron chi connectivity index (χ0n) is 9.28. The van der Waals surface area contributed by atoms with Gasteiger partial charge in [0.15, 0.2) is 0 Å². The van der Waals surface area contributed by atoms with Crippen molar-refractivity contribution in [2.45, 2.75) is 13.8 Å². The molecule has 0 saturated heterocycles. The van der Waals surface area contributed by atoms with Crippen LogP contribution < -0.4 is 5.48 Å². The molecule has 0 radical (unpaired) electrons. The van der Waals surface area contributed by atoms with Crippen molar-refractivity contribution in [2.24, 2.45) is 17.3 Å². The molecule has 2 atom stereocenters. The third-order valence-electron chi connectivity index (χ3n) is 2.91. The van der Waals surface area contributed by atoms with Gasteiger partial charge in [0.1, 0.15) is 0 Å². The summed E-state index contributed by atoms with van der Waals surface area (Å²) in [7, 11) is 1.50. The summed E-state index contributed by atoms with van der Waals surface area (Å²) in [4.78, 5) is 15.5. The second-order valence-electron chi connectivity index (χ2n) is 4.35. The molecule has 1 aliphatic carbocycles. The average molecular weight is 211 g/mol. The van der Waals surface area contributed by atoms with Crippen molar-refractivity contribution in [1.29, 1.82) is 0 Å². The van der Waals surface area contributed by atoms with E-state index in [1.165, 1.54) is 7.11 Å². The number of aliphatic carboxylic acids is 1. The van der Waals surface area contributed by atoms with Gasteiger partial charge in [-0.25, -0.2) is 0 Å². The molecule has 0 aromatic heterocycles. The Kier molecular flexibility index (Phi) is 3.19. The van der Waals surface area contributed by atoms with E-state index in [-0.39, 0.29) is 17.3 Å². The number of hydrogen-bond donors (Lipinski definition) is 2. The van der Waals surface area contributed by atoms with Crippen molar-refractivity contribution in [3.8, 4) is 0 Å². The Labute approximate surface area is 89.6 Å². The van der Waals surface area contributed by atoms with E-state index in [4.69, 9.17) is 5.11 Å². The fourth-order valence-electron chi connectivity index (χ4n) is 1.89. The lowest BCUT2D eigenvalue weighted by Gasteiger charge is -2.00. The summed E-state index contributed by atoms with van der Waals surface area (Å²) < 4.78 is 0. The number of nitrogens with one attached hydrogen (secondary N) is 1. The lowest BCUT2D eigenvalue weighted by molar-refractivity contribution is -0.139. The van der Waals surface area contributed by atoms with Gasteiger partial charge in [-0.05, 0) is 17.4 Å². The van der Waals surface area contributed by atoms with Crippen LogP contribution in [0.5, 0.6) is 0 Å². The number of hydrogen-bond acceptors (Lipinski definition) is 3. The Morgan fingerprint density at radius 3 is 2.60 bits per heavy atom. The molecule has 0 aliphatic heterocycles. The molecule has 1 saturated carbocycles. The normalized spacial score (nSPS) is 27.7. The number of carbonyl (C=O) groups is 1. The Morgan fingerprint density at radius 2 is 2.20 bits per heavy atom. The van der Waals surface area contributed by atoms with Crippen molar-refractivity contribution in [1.82, 2.24) is 5.48 Å². The molecule has 1 aliphatic rings. The van der Waals surface area contributed by atoms with Crippen LogP contribution in [-0.2, 0) is 9.63 Å². The van der Waals surface area contributed by atoms with E-state index in [0.29, 0.717) is 5.70 Å². The second-order valence-corrected chi connectivity index (χ2v) is 4.35. The van der Waals surface area contributed by atoms with E-state index in [9.17, 15) is 4.79 Å². The van der Waals surface area contributed by atoms with Crippen LogP contribution in [0.4, 0.5) is 0 Å². The highest BCUT2D eigenvalue weighted by molar-refractivity contribution is 5.76. The van der Waals surface area contributed by atoms with Gasteiger partial charge in [-0.15, -0.1) is 0 Å². The average Bonchev–Trinajstić information content (AvgIpc) is 2.65. The third-order valence-corrected chi connectivity index (χ3v) is 2.91. The lowest BCUT2D eigenvalue weighted by atomic mass is 10.1. The minimum absolute atomic E-state index is 0.0745. The molecule has 0 amide bonds. The van der Waals surface area contributed by atoms with Gasteiger partial charge >= 0.3 is 5.97 Å². The molecule has 15 heavy (non-hydrogen) atoms. The van der Waals surface area contributed by atoms with Crippen molar-refractivity contribution < 1.29 is 14.7 Å². The van der Waals surface area contributed by atoms with Gasteiger partial charge in [-0.3, -0.25) is 15.1 Å². The number of rotatable bonds is 5. The minimum atomic E-state index is -0.736. The van der Waals surface area contributed by atoms with Gasteiger partial charge < -0.3 is 5.11 Å². The highest BCUT2D eigenvalue weighted by Gasteiger charge is 2.60. The van der Waals surface area contributed by atoms with E-state index in [0.717, 1.165) is 0 Å². The lowest BCUT2D eigenvalue weighted by Crippen LogP contribution is -2.07. The maximum atomic E-state index is 10.9.